The summed E-state index contributed by atoms with van der Waals surface area (Å²) in [5.41, 5.74) is 1.67. The molecule has 0 radical (unpaired) electrons. The van der Waals surface area contributed by atoms with Gasteiger partial charge in [-0.2, -0.15) is 0 Å². The van der Waals surface area contributed by atoms with Gasteiger partial charge in [0.25, 0.3) is 5.91 Å². The third-order valence-electron chi connectivity index (χ3n) is 5.29. The Morgan fingerprint density at radius 2 is 1.96 bits per heavy atom. The number of hydrogen-bond acceptors (Lipinski definition) is 6. The Labute approximate surface area is 176 Å². The van der Waals surface area contributed by atoms with E-state index in [0.29, 0.717) is 45.4 Å². The van der Waals surface area contributed by atoms with E-state index in [-0.39, 0.29) is 22.9 Å². The maximum absolute atomic E-state index is 12.5. The molecule has 150 valence electrons. The van der Waals surface area contributed by atoms with Gasteiger partial charge in [-0.3, -0.25) is 4.79 Å². The number of nitrogens with zero attached hydrogens (tertiary/aromatic N) is 2. The van der Waals surface area contributed by atoms with E-state index in [0.717, 1.165) is 18.2 Å². The molecule has 28 heavy (non-hydrogen) atoms. The van der Waals surface area contributed by atoms with E-state index in [4.69, 9.17) is 27.9 Å². The van der Waals surface area contributed by atoms with E-state index in [9.17, 15) is 9.59 Å². The number of carbonyl (C=O) groups is 2. The Bertz CT molecular complexity index is 945. The number of H-pyrrole nitrogens is 1. The van der Waals surface area contributed by atoms with Gasteiger partial charge in [0.1, 0.15) is 10.6 Å². The summed E-state index contributed by atoms with van der Waals surface area (Å²) in [4.78, 5) is 34.7. The van der Waals surface area contributed by atoms with Crippen LogP contribution in [-0.2, 0) is 4.74 Å². The van der Waals surface area contributed by atoms with Crippen molar-refractivity contribution >= 4 is 51.5 Å². The largest absolute Gasteiger partial charge is 0.462 e. The Hall–Kier alpha value is -1.77. The average Bonchev–Trinajstić information content (AvgIpc) is 3.02. The van der Waals surface area contributed by atoms with E-state index >= 15 is 0 Å². The molecule has 2 aromatic rings. The number of rotatable bonds is 5. The number of halogens is 2. The van der Waals surface area contributed by atoms with Crippen molar-refractivity contribution in [2.24, 2.45) is 11.8 Å². The Balaban J connectivity index is 1.37. The Morgan fingerprint density at radius 3 is 2.54 bits per heavy atom. The van der Waals surface area contributed by atoms with Gasteiger partial charge in [-0.1, -0.05) is 34.5 Å². The van der Waals surface area contributed by atoms with Gasteiger partial charge in [-0.25, -0.2) is 9.78 Å². The van der Waals surface area contributed by atoms with Crippen molar-refractivity contribution in [3.8, 4) is 0 Å². The number of fused-ring (bicyclic) bond motifs is 1. The van der Waals surface area contributed by atoms with E-state index in [1.54, 1.807) is 13.8 Å². The molecular formula is C18H20Cl2N4O3S. The first-order valence-corrected chi connectivity index (χ1v) is 10.6. The summed E-state index contributed by atoms with van der Waals surface area (Å²) < 4.78 is 5.08. The fourth-order valence-electron chi connectivity index (χ4n) is 3.75. The first-order chi connectivity index (χ1) is 13.3. The minimum Gasteiger partial charge on any atom is -0.462 e. The van der Waals surface area contributed by atoms with Gasteiger partial charge in [0.05, 0.1) is 22.3 Å². The molecule has 3 atom stereocenters. The number of amides is 1. The summed E-state index contributed by atoms with van der Waals surface area (Å²) >= 11 is 13.5. The third-order valence-corrected chi connectivity index (χ3v) is 7.43. The minimum atomic E-state index is -0.324. The maximum Gasteiger partial charge on any atom is 0.350 e. The second kappa shape index (κ2) is 7.24. The first-order valence-electron chi connectivity index (χ1n) is 9.05. The number of piperidine rings is 1. The molecule has 1 saturated heterocycles. The van der Waals surface area contributed by atoms with Gasteiger partial charge < -0.3 is 19.9 Å². The first kappa shape index (κ1) is 19.5. The highest BCUT2D eigenvalue weighted by Crippen LogP contribution is 2.47. The number of hydrogen-bond donors (Lipinski definition) is 2. The SMILES string of the molecule is CCOC(=O)c1sc(N2C[C@@H]3[C@H](C2)[C@@H]3NC(=O)c2[nH]c(C)c(Cl)c2Cl)nc1C. The van der Waals surface area contributed by atoms with Crippen LogP contribution in [0.3, 0.4) is 0 Å². The number of nitrogens with one attached hydrogen (secondary N) is 2. The fraction of sp³-hybridized carbons (Fsp3) is 0.500. The van der Waals surface area contributed by atoms with Crippen molar-refractivity contribution in [3.05, 3.63) is 32.0 Å². The van der Waals surface area contributed by atoms with E-state index in [2.05, 4.69) is 20.2 Å². The summed E-state index contributed by atoms with van der Waals surface area (Å²) in [5.74, 6) is 0.171. The number of anilines is 1. The van der Waals surface area contributed by atoms with Crippen LogP contribution in [0, 0.1) is 25.7 Å². The van der Waals surface area contributed by atoms with Crippen LogP contribution in [0.1, 0.15) is 38.5 Å². The van der Waals surface area contributed by atoms with Crippen molar-refractivity contribution in [3.63, 3.8) is 0 Å². The van der Waals surface area contributed by atoms with Crippen LogP contribution in [0.25, 0.3) is 0 Å². The molecule has 2 aromatic heterocycles. The van der Waals surface area contributed by atoms with E-state index in [1.165, 1.54) is 11.3 Å². The molecule has 0 aromatic carbocycles. The quantitative estimate of drug-likeness (QED) is 0.692. The number of aromatic nitrogens is 2. The highest BCUT2D eigenvalue weighted by atomic mass is 35.5. The second-order valence-corrected chi connectivity index (χ2v) is 8.85. The molecule has 4 rings (SSSR count). The van der Waals surface area contributed by atoms with Crippen LogP contribution in [0.15, 0.2) is 0 Å². The highest BCUT2D eigenvalue weighted by Gasteiger charge is 2.57. The van der Waals surface area contributed by atoms with Gasteiger partial charge in [-0.05, 0) is 20.8 Å². The molecule has 1 saturated carbocycles. The van der Waals surface area contributed by atoms with Crippen LogP contribution in [0.4, 0.5) is 5.13 Å². The van der Waals surface area contributed by atoms with E-state index < -0.39 is 0 Å². The second-order valence-electron chi connectivity index (χ2n) is 7.12. The zero-order chi connectivity index (χ0) is 20.2. The lowest BCUT2D eigenvalue weighted by Gasteiger charge is -2.19. The number of thiazole rings is 1. The van der Waals surface area contributed by atoms with E-state index in [1.807, 2.05) is 6.92 Å². The topological polar surface area (TPSA) is 87.3 Å². The van der Waals surface area contributed by atoms with Gasteiger partial charge in [-0.15, -0.1) is 0 Å². The molecule has 0 spiro atoms. The lowest BCUT2D eigenvalue weighted by molar-refractivity contribution is 0.0531. The lowest BCUT2D eigenvalue weighted by atomic mass is 10.3. The molecule has 2 aliphatic rings. The molecule has 2 fully saturated rings. The molecule has 0 bridgehead atoms. The standard InChI is InChI=1S/C18H20Cl2N4O3S/c1-4-27-17(26)15-8(3)22-18(28-15)24-5-9-10(6-24)13(9)23-16(25)14-12(20)11(19)7(2)21-14/h9-10,13,21H,4-6H2,1-3H3,(H,23,25)/t9-,10+,13-. The molecule has 1 aliphatic carbocycles. The summed E-state index contributed by atoms with van der Waals surface area (Å²) in [7, 11) is 0. The summed E-state index contributed by atoms with van der Waals surface area (Å²) in [6.45, 7) is 7.31. The molecule has 7 nitrogen and oxygen atoms in total. The van der Waals surface area contributed by atoms with Crippen molar-refractivity contribution in [1.82, 2.24) is 15.3 Å². The van der Waals surface area contributed by atoms with Crippen molar-refractivity contribution in [2.75, 3.05) is 24.6 Å². The maximum atomic E-state index is 12.5. The molecule has 1 aliphatic heterocycles. The molecule has 10 heteroatoms. The molecule has 1 amide bonds. The summed E-state index contributed by atoms with van der Waals surface area (Å²) in [6.07, 6.45) is 0. The molecule has 0 unspecified atom stereocenters. The predicted octanol–water partition coefficient (Wildman–Crippen LogP) is 3.44. The molecular weight excluding hydrogens is 423 g/mol. The number of aromatic amines is 1. The van der Waals surface area contributed by atoms with Gasteiger partial charge >= 0.3 is 5.97 Å². The van der Waals surface area contributed by atoms with Crippen LogP contribution < -0.4 is 10.2 Å². The van der Waals surface area contributed by atoms with Crippen LogP contribution >= 0.6 is 34.5 Å². The molecule has 3 heterocycles. The van der Waals surface area contributed by atoms with Crippen molar-refractivity contribution in [1.29, 1.82) is 0 Å². The van der Waals surface area contributed by atoms with Crippen molar-refractivity contribution < 1.29 is 14.3 Å². The molecule has 2 N–H and O–H groups in total. The number of esters is 1. The Morgan fingerprint density at radius 1 is 1.29 bits per heavy atom. The number of ether oxygens (including phenoxy) is 1. The van der Waals surface area contributed by atoms with Gasteiger partial charge in [0.15, 0.2) is 5.13 Å². The monoisotopic (exact) mass is 442 g/mol. The van der Waals surface area contributed by atoms with Crippen LogP contribution in [-0.4, -0.2) is 47.6 Å². The highest BCUT2D eigenvalue weighted by molar-refractivity contribution is 7.17. The number of carbonyl (C=O) groups excluding carboxylic acids is 2. The fourth-order valence-corrected chi connectivity index (χ4v) is 5.15. The minimum absolute atomic E-state index is 0.118. The lowest BCUT2D eigenvalue weighted by Crippen LogP contribution is -2.34. The summed E-state index contributed by atoms with van der Waals surface area (Å²) in [6, 6.07) is 0.118. The predicted molar refractivity (Wildman–Crippen MR) is 109 cm³/mol. The third kappa shape index (κ3) is 3.27. The van der Waals surface area contributed by atoms with Crippen LogP contribution in [0.5, 0.6) is 0 Å². The average molecular weight is 443 g/mol. The smallest absolute Gasteiger partial charge is 0.350 e. The van der Waals surface area contributed by atoms with Crippen LogP contribution in [0.2, 0.25) is 10.0 Å². The summed E-state index contributed by atoms with van der Waals surface area (Å²) in [5, 5.41) is 4.51. The number of aryl methyl sites for hydroxylation is 2. The van der Waals surface area contributed by atoms with Crippen molar-refractivity contribution in [2.45, 2.75) is 26.8 Å². The van der Waals surface area contributed by atoms with Gasteiger partial charge in [0.2, 0.25) is 0 Å². The van der Waals surface area contributed by atoms with Gasteiger partial charge in [0, 0.05) is 36.7 Å². The zero-order valence-electron chi connectivity index (χ0n) is 15.6. The Kier molecular flexibility index (Phi) is 5.05. The normalized spacial score (nSPS) is 22.9. The zero-order valence-corrected chi connectivity index (χ0v) is 18.0.